The van der Waals surface area contributed by atoms with Gasteiger partial charge >= 0.3 is 0 Å². The molecule has 0 atom stereocenters. The maximum absolute atomic E-state index is 12.9. The van der Waals surface area contributed by atoms with Gasteiger partial charge in [0, 0.05) is 38.3 Å². The summed E-state index contributed by atoms with van der Waals surface area (Å²) in [4.78, 5) is 21.1. The Bertz CT molecular complexity index is 981. The topological polar surface area (TPSA) is 58.8 Å². The molecule has 0 unspecified atom stereocenters. The average molecular weight is 409 g/mol. The van der Waals surface area contributed by atoms with Gasteiger partial charge in [-0.3, -0.25) is 9.69 Å². The molecule has 3 aromatic rings. The second kappa shape index (κ2) is 9.09. The minimum absolute atomic E-state index is 0.0472. The van der Waals surface area contributed by atoms with Crippen LogP contribution in [0.4, 0.5) is 4.39 Å². The molecule has 0 aliphatic carbocycles. The van der Waals surface area contributed by atoms with Crippen molar-refractivity contribution in [3.05, 3.63) is 71.9 Å². The molecule has 0 N–H and O–H groups in total. The first kappa shape index (κ1) is 20.1. The molecule has 2 aromatic carbocycles. The van der Waals surface area contributed by atoms with E-state index >= 15 is 0 Å². The average Bonchev–Trinajstić information content (AvgIpc) is 3.14. The van der Waals surface area contributed by atoms with Crippen molar-refractivity contribution in [1.29, 1.82) is 0 Å². The predicted octanol–water partition coefficient (Wildman–Crippen LogP) is 3.51. The molecule has 0 spiro atoms. The zero-order valence-electron chi connectivity index (χ0n) is 16.9. The summed E-state index contributed by atoms with van der Waals surface area (Å²) < 4.78 is 24.2. The van der Waals surface area contributed by atoms with Crippen LogP contribution in [0.15, 0.2) is 59.0 Å². The number of nitrogens with zero attached hydrogens (tertiary/aromatic N) is 3. The largest absolute Gasteiger partial charge is 0.484 e. The van der Waals surface area contributed by atoms with Crippen molar-refractivity contribution in [1.82, 2.24) is 14.8 Å². The van der Waals surface area contributed by atoms with E-state index in [1.165, 1.54) is 24.3 Å². The number of rotatable bonds is 6. The van der Waals surface area contributed by atoms with E-state index < -0.39 is 0 Å². The zero-order valence-corrected chi connectivity index (χ0v) is 16.9. The number of hydrogen-bond donors (Lipinski definition) is 0. The summed E-state index contributed by atoms with van der Waals surface area (Å²) in [5.74, 6) is 1.54. The van der Waals surface area contributed by atoms with Gasteiger partial charge < -0.3 is 14.1 Å². The summed E-state index contributed by atoms with van der Waals surface area (Å²) in [5, 5.41) is 0. The van der Waals surface area contributed by atoms with Crippen LogP contribution in [0, 0.1) is 12.7 Å². The molecule has 4 rings (SSSR count). The second-order valence-electron chi connectivity index (χ2n) is 7.29. The second-order valence-corrected chi connectivity index (χ2v) is 7.29. The van der Waals surface area contributed by atoms with Crippen LogP contribution in [0.3, 0.4) is 0 Å². The highest BCUT2D eigenvalue weighted by molar-refractivity contribution is 5.77. The molecule has 1 amide bonds. The Morgan fingerprint density at radius 1 is 1.07 bits per heavy atom. The fourth-order valence-corrected chi connectivity index (χ4v) is 3.41. The molecule has 1 aliphatic heterocycles. The minimum Gasteiger partial charge on any atom is -0.484 e. The van der Waals surface area contributed by atoms with Crippen molar-refractivity contribution in [3.8, 4) is 17.2 Å². The summed E-state index contributed by atoms with van der Waals surface area (Å²) in [6.45, 7) is 5.36. The van der Waals surface area contributed by atoms with Gasteiger partial charge in [-0.15, -0.1) is 0 Å². The first-order valence-electron chi connectivity index (χ1n) is 9.99. The molecular weight excluding hydrogens is 385 g/mol. The van der Waals surface area contributed by atoms with Crippen molar-refractivity contribution in [3.63, 3.8) is 0 Å². The molecule has 1 aromatic heterocycles. The van der Waals surface area contributed by atoms with Crippen LogP contribution in [0.1, 0.15) is 11.5 Å². The van der Waals surface area contributed by atoms with Gasteiger partial charge in [-0.25, -0.2) is 9.37 Å². The number of oxazole rings is 1. The van der Waals surface area contributed by atoms with Gasteiger partial charge in [-0.1, -0.05) is 18.2 Å². The minimum atomic E-state index is -0.331. The van der Waals surface area contributed by atoms with Gasteiger partial charge in [0.2, 0.25) is 5.89 Å². The summed E-state index contributed by atoms with van der Waals surface area (Å²) in [6, 6.07) is 15.5. The van der Waals surface area contributed by atoms with Crippen molar-refractivity contribution in [2.24, 2.45) is 0 Å². The van der Waals surface area contributed by atoms with Crippen molar-refractivity contribution < 1.29 is 18.3 Å². The van der Waals surface area contributed by atoms with Crippen molar-refractivity contribution in [2.45, 2.75) is 13.5 Å². The summed E-state index contributed by atoms with van der Waals surface area (Å²) >= 11 is 0. The lowest BCUT2D eigenvalue weighted by Crippen LogP contribution is -2.49. The zero-order chi connectivity index (χ0) is 20.9. The third kappa shape index (κ3) is 4.86. The standard InChI is InChI=1S/C23H24FN3O3/c1-17-21(25-23(30-17)18-5-3-2-4-6-18)15-26-11-13-27(14-12-26)22(28)16-29-20-9-7-19(24)8-10-20/h2-10H,11-16H2,1H3. The summed E-state index contributed by atoms with van der Waals surface area (Å²) in [7, 11) is 0. The molecule has 7 heteroatoms. The van der Waals surface area contributed by atoms with Crippen LogP contribution in [-0.4, -0.2) is 53.5 Å². The summed E-state index contributed by atoms with van der Waals surface area (Å²) in [5.41, 5.74) is 1.89. The third-order valence-electron chi connectivity index (χ3n) is 5.19. The van der Waals surface area contributed by atoms with Gasteiger partial charge in [0.25, 0.3) is 5.91 Å². The highest BCUT2D eigenvalue weighted by Gasteiger charge is 2.23. The number of benzene rings is 2. The molecule has 156 valence electrons. The van der Waals surface area contributed by atoms with Crippen LogP contribution >= 0.6 is 0 Å². The molecule has 30 heavy (non-hydrogen) atoms. The molecule has 1 saturated heterocycles. The van der Waals surface area contributed by atoms with E-state index in [1.807, 2.05) is 37.3 Å². The predicted molar refractivity (Wildman–Crippen MR) is 110 cm³/mol. The number of piperazine rings is 1. The number of aryl methyl sites for hydroxylation is 1. The summed E-state index contributed by atoms with van der Waals surface area (Å²) in [6.07, 6.45) is 0. The van der Waals surface area contributed by atoms with E-state index in [0.29, 0.717) is 31.3 Å². The monoisotopic (exact) mass is 409 g/mol. The van der Waals surface area contributed by atoms with Gasteiger partial charge in [0.05, 0.1) is 5.69 Å². The van der Waals surface area contributed by atoms with Crippen molar-refractivity contribution in [2.75, 3.05) is 32.8 Å². The van der Waals surface area contributed by atoms with Gasteiger partial charge in [-0.2, -0.15) is 0 Å². The lowest BCUT2D eigenvalue weighted by Gasteiger charge is -2.34. The Hall–Kier alpha value is -3.19. The maximum Gasteiger partial charge on any atom is 0.260 e. The Labute approximate surface area is 174 Å². The quantitative estimate of drug-likeness (QED) is 0.624. The molecule has 0 bridgehead atoms. The maximum atomic E-state index is 12.9. The number of carbonyl (C=O) groups excluding carboxylic acids is 1. The number of carbonyl (C=O) groups is 1. The SMILES string of the molecule is Cc1oc(-c2ccccc2)nc1CN1CCN(C(=O)COc2ccc(F)cc2)CC1. The van der Waals surface area contributed by atoms with Gasteiger partial charge in [0.15, 0.2) is 6.61 Å². The van der Waals surface area contributed by atoms with Crippen LogP contribution in [0.25, 0.3) is 11.5 Å². The highest BCUT2D eigenvalue weighted by Crippen LogP contribution is 2.22. The van der Waals surface area contributed by atoms with E-state index in [2.05, 4.69) is 9.88 Å². The van der Waals surface area contributed by atoms with E-state index in [0.717, 1.165) is 30.1 Å². The van der Waals surface area contributed by atoms with Gasteiger partial charge in [-0.05, 0) is 43.3 Å². The Morgan fingerprint density at radius 3 is 2.47 bits per heavy atom. The number of aromatic nitrogens is 1. The fraction of sp³-hybridized carbons (Fsp3) is 0.304. The lowest BCUT2D eigenvalue weighted by atomic mass is 10.2. The van der Waals surface area contributed by atoms with E-state index in [4.69, 9.17) is 9.15 Å². The Kier molecular flexibility index (Phi) is 6.09. The number of ether oxygens (including phenoxy) is 1. The first-order chi connectivity index (χ1) is 14.6. The smallest absolute Gasteiger partial charge is 0.260 e. The number of hydrogen-bond acceptors (Lipinski definition) is 5. The van der Waals surface area contributed by atoms with Crippen LogP contribution in [0.5, 0.6) is 5.75 Å². The molecule has 2 heterocycles. The Morgan fingerprint density at radius 2 is 1.77 bits per heavy atom. The Balaban J connectivity index is 1.27. The molecule has 1 aliphatic rings. The molecular formula is C23H24FN3O3. The third-order valence-corrected chi connectivity index (χ3v) is 5.19. The van der Waals surface area contributed by atoms with Crippen LogP contribution in [0.2, 0.25) is 0 Å². The molecule has 0 radical (unpaired) electrons. The number of amides is 1. The first-order valence-corrected chi connectivity index (χ1v) is 9.99. The normalized spacial score (nSPS) is 14.7. The molecule has 6 nitrogen and oxygen atoms in total. The highest BCUT2D eigenvalue weighted by atomic mass is 19.1. The van der Waals surface area contributed by atoms with E-state index in [9.17, 15) is 9.18 Å². The van der Waals surface area contributed by atoms with E-state index in [-0.39, 0.29) is 18.3 Å². The molecule has 0 saturated carbocycles. The molecule has 1 fully saturated rings. The van der Waals surface area contributed by atoms with Crippen LogP contribution in [-0.2, 0) is 11.3 Å². The lowest BCUT2D eigenvalue weighted by molar-refractivity contribution is -0.135. The fourth-order valence-electron chi connectivity index (χ4n) is 3.41. The number of halogens is 1. The van der Waals surface area contributed by atoms with Crippen LogP contribution < -0.4 is 4.74 Å². The van der Waals surface area contributed by atoms with Crippen molar-refractivity contribution >= 4 is 5.91 Å². The van der Waals surface area contributed by atoms with E-state index in [1.54, 1.807) is 4.90 Å². The van der Waals surface area contributed by atoms with Gasteiger partial charge in [0.1, 0.15) is 17.3 Å².